The Hall–Kier alpha value is -1.42. The number of hydrogen-bond donors (Lipinski definition) is 1. The van der Waals surface area contributed by atoms with Gasteiger partial charge in [0.2, 0.25) is 5.91 Å². The third-order valence-corrected chi connectivity index (χ3v) is 4.58. The number of rotatable bonds is 6. The molecule has 22 heavy (non-hydrogen) atoms. The second-order valence-electron chi connectivity index (χ2n) is 6.20. The molecule has 1 N–H and O–H groups in total. The first-order valence-corrected chi connectivity index (χ1v) is 8.39. The molecule has 1 amide bonds. The lowest BCUT2D eigenvalue weighted by atomic mass is 9.95. The van der Waals surface area contributed by atoms with Crippen LogP contribution in [-0.2, 0) is 4.79 Å². The molecule has 2 rings (SSSR count). The van der Waals surface area contributed by atoms with Gasteiger partial charge >= 0.3 is 0 Å². The maximum Gasteiger partial charge on any atom is 0.227 e. The van der Waals surface area contributed by atoms with Crippen molar-refractivity contribution in [1.82, 2.24) is 10.2 Å². The van der Waals surface area contributed by atoms with Gasteiger partial charge in [0.1, 0.15) is 5.82 Å². The standard InChI is InChI=1S/C18H27FN2O/c1-3-17(15-7-9-16(19)10-8-15)18(22)20-13-14(2)21-11-5-4-6-12-21/h7-10,14,17H,3-6,11-13H2,1-2H3,(H,20,22). The Kier molecular flexibility index (Phi) is 6.37. The number of halogens is 1. The van der Waals surface area contributed by atoms with E-state index < -0.39 is 0 Å². The predicted octanol–water partition coefficient (Wildman–Crippen LogP) is 3.31. The van der Waals surface area contributed by atoms with Gasteiger partial charge in [0, 0.05) is 12.6 Å². The van der Waals surface area contributed by atoms with Crippen LogP contribution in [-0.4, -0.2) is 36.5 Å². The van der Waals surface area contributed by atoms with Gasteiger partial charge in [-0.05, 0) is 57.0 Å². The molecule has 1 aliphatic heterocycles. The van der Waals surface area contributed by atoms with Crippen molar-refractivity contribution < 1.29 is 9.18 Å². The van der Waals surface area contributed by atoms with E-state index in [9.17, 15) is 9.18 Å². The maximum atomic E-state index is 13.0. The first-order valence-electron chi connectivity index (χ1n) is 8.39. The van der Waals surface area contributed by atoms with Gasteiger partial charge in [0.25, 0.3) is 0 Å². The highest BCUT2D eigenvalue weighted by molar-refractivity contribution is 5.83. The Morgan fingerprint density at radius 1 is 1.23 bits per heavy atom. The highest BCUT2D eigenvalue weighted by Crippen LogP contribution is 2.20. The number of nitrogens with zero attached hydrogens (tertiary/aromatic N) is 1. The molecule has 1 aliphatic rings. The highest BCUT2D eigenvalue weighted by Gasteiger charge is 2.21. The van der Waals surface area contributed by atoms with Gasteiger partial charge in [0.05, 0.1) is 5.92 Å². The number of amides is 1. The van der Waals surface area contributed by atoms with E-state index in [1.807, 2.05) is 6.92 Å². The quantitative estimate of drug-likeness (QED) is 0.874. The normalized spacial score (nSPS) is 18.7. The molecule has 1 aromatic carbocycles. The van der Waals surface area contributed by atoms with Gasteiger partial charge in [-0.25, -0.2) is 4.39 Å². The predicted molar refractivity (Wildman–Crippen MR) is 87.3 cm³/mol. The van der Waals surface area contributed by atoms with Crippen LogP contribution < -0.4 is 5.32 Å². The number of carbonyl (C=O) groups excluding carboxylic acids is 1. The Morgan fingerprint density at radius 3 is 2.45 bits per heavy atom. The summed E-state index contributed by atoms with van der Waals surface area (Å²) in [7, 11) is 0. The van der Waals surface area contributed by atoms with Crippen LogP contribution in [0.1, 0.15) is 51.0 Å². The Labute approximate surface area is 132 Å². The molecule has 0 radical (unpaired) electrons. The summed E-state index contributed by atoms with van der Waals surface area (Å²) >= 11 is 0. The second-order valence-corrected chi connectivity index (χ2v) is 6.20. The topological polar surface area (TPSA) is 32.3 Å². The fraction of sp³-hybridized carbons (Fsp3) is 0.611. The summed E-state index contributed by atoms with van der Waals surface area (Å²) in [6.45, 7) is 7.10. The van der Waals surface area contributed by atoms with Crippen molar-refractivity contribution in [2.45, 2.75) is 51.5 Å². The van der Waals surface area contributed by atoms with Crippen molar-refractivity contribution in [3.05, 3.63) is 35.6 Å². The van der Waals surface area contributed by atoms with Gasteiger partial charge in [0.15, 0.2) is 0 Å². The van der Waals surface area contributed by atoms with Gasteiger partial charge in [-0.1, -0.05) is 25.5 Å². The first kappa shape index (κ1) is 16.9. The molecule has 1 fully saturated rings. The number of carbonyl (C=O) groups is 1. The number of hydrogen-bond acceptors (Lipinski definition) is 2. The summed E-state index contributed by atoms with van der Waals surface area (Å²) in [5.41, 5.74) is 0.882. The number of benzene rings is 1. The van der Waals surface area contributed by atoms with Gasteiger partial charge in [-0.3, -0.25) is 9.69 Å². The molecule has 2 atom stereocenters. The second kappa shape index (κ2) is 8.28. The highest BCUT2D eigenvalue weighted by atomic mass is 19.1. The van der Waals surface area contributed by atoms with E-state index in [4.69, 9.17) is 0 Å². The van der Waals surface area contributed by atoms with Crippen molar-refractivity contribution in [3.63, 3.8) is 0 Å². The average molecular weight is 306 g/mol. The van der Waals surface area contributed by atoms with Crippen LogP contribution in [0.4, 0.5) is 4.39 Å². The average Bonchev–Trinajstić information content (AvgIpc) is 2.56. The van der Waals surface area contributed by atoms with Crippen molar-refractivity contribution in [2.75, 3.05) is 19.6 Å². The minimum atomic E-state index is -0.266. The van der Waals surface area contributed by atoms with Crippen LogP contribution in [0.3, 0.4) is 0 Å². The SMILES string of the molecule is CCC(C(=O)NCC(C)N1CCCCC1)c1ccc(F)cc1. The smallest absolute Gasteiger partial charge is 0.227 e. The third-order valence-electron chi connectivity index (χ3n) is 4.58. The number of nitrogens with one attached hydrogen (secondary N) is 1. The number of likely N-dealkylation sites (tertiary alicyclic amines) is 1. The van der Waals surface area contributed by atoms with Crippen molar-refractivity contribution >= 4 is 5.91 Å². The lowest BCUT2D eigenvalue weighted by Gasteiger charge is -2.32. The molecule has 0 bridgehead atoms. The van der Waals surface area contributed by atoms with E-state index in [0.29, 0.717) is 12.6 Å². The van der Waals surface area contributed by atoms with Crippen LogP contribution in [0.2, 0.25) is 0 Å². The minimum Gasteiger partial charge on any atom is -0.354 e. The summed E-state index contributed by atoms with van der Waals surface area (Å²) in [4.78, 5) is 14.9. The molecule has 2 unspecified atom stereocenters. The van der Waals surface area contributed by atoms with E-state index in [-0.39, 0.29) is 17.6 Å². The first-order chi connectivity index (χ1) is 10.6. The summed E-state index contributed by atoms with van der Waals surface area (Å²) in [6.07, 6.45) is 4.55. The summed E-state index contributed by atoms with van der Waals surface area (Å²) in [5.74, 6) is -0.426. The van der Waals surface area contributed by atoms with Crippen LogP contribution in [0.15, 0.2) is 24.3 Å². The maximum absolute atomic E-state index is 13.0. The fourth-order valence-corrected chi connectivity index (χ4v) is 3.13. The third kappa shape index (κ3) is 4.54. The van der Waals surface area contributed by atoms with Crippen LogP contribution in [0, 0.1) is 5.82 Å². The van der Waals surface area contributed by atoms with Gasteiger partial charge < -0.3 is 5.32 Å². The molecule has 1 heterocycles. The molecule has 1 aromatic rings. The van der Waals surface area contributed by atoms with E-state index in [1.54, 1.807) is 12.1 Å². The zero-order chi connectivity index (χ0) is 15.9. The lowest BCUT2D eigenvalue weighted by molar-refractivity contribution is -0.122. The van der Waals surface area contributed by atoms with Crippen LogP contribution in [0.25, 0.3) is 0 Å². The van der Waals surface area contributed by atoms with E-state index in [2.05, 4.69) is 17.1 Å². The molecule has 1 saturated heterocycles. The molecular formula is C18H27FN2O. The van der Waals surface area contributed by atoms with Crippen LogP contribution in [0.5, 0.6) is 0 Å². The van der Waals surface area contributed by atoms with Gasteiger partial charge in [-0.15, -0.1) is 0 Å². The summed E-state index contributed by atoms with van der Waals surface area (Å²) < 4.78 is 13.0. The molecule has 0 spiro atoms. The van der Waals surface area contributed by atoms with Gasteiger partial charge in [-0.2, -0.15) is 0 Å². The largest absolute Gasteiger partial charge is 0.354 e. The van der Waals surface area contributed by atoms with E-state index in [0.717, 1.165) is 25.1 Å². The monoisotopic (exact) mass is 306 g/mol. The van der Waals surface area contributed by atoms with Crippen LogP contribution >= 0.6 is 0 Å². The molecule has 3 nitrogen and oxygen atoms in total. The molecule has 0 aromatic heterocycles. The Morgan fingerprint density at radius 2 is 1.86 bits per heavy atom. The molecule has 4 heteroatoms. The van der Waals surface area contributed by atoms with Crippen molar-refractivity contribution in [2.24, 2.45) is 0 Å². The summed E-state index contributed by atoms with van der Waals surface area (Å²) in [6, 6.07) is 6.62. The lowest BCUT2D eigenvalue weighted by Crippen LogP contribution is -2.45. The molecule has 0 saturated carbocycles. The van der Waals surface area contributed by atoms with Crippen molar-refractivity contribution in [1.29, 1.82) is 0 Å². The summed E-state index contributed by atoms with van der Waals surface area (Å²) in [5, 5.41) is 3.07. The van der Waals surface area contributed by atoms with Crippen molar-refractivity contribution in [3.8, 4) is 0 Å². The minimum absolute atomic E-state index is 0.0398. The Balaban J connectivity index is 1.87. The zero-order valence-electron chi connectivity index (χ0n) is 13.6. The Bertz CT molecular complexity index is 468. The molecule has 122 valence electrons. The fourth-order valence-electron chi connectivity index (χ4n) is 3.13. The molecule has 0 aliphatic carbocycles. The van der Waals surface area contributed by atoms with E-state index >= 15 is 0 Å². The zero-order valence-corrected chi connectivity index (χ0v) is 13.6. The molecular weight excluding hydrogens is 279 g/mol. The van der Waals surface area contributed by atoms with E-state index in [1.165, 1.54) is 31.4 Å². The number of piperidine rings is 1.